The van der Waals surface area contributed by atoms with Crippen molar-refractivity contribution < 1.29 is 22.0 Å². The molecule has 23 heavy (non-hydrogen) atoms. The van der Waals surface area contributed by atoms with Gasteiger partial charge in [0.15, 0.2) is 0 Å². The zero-order valence-corrected chi connectivity index (χ0v) is 13.6. The third kappa shape index (κ3) is 3.23. The standard InChI is InChI=1S/C13H13ClFN3O4S/c1-8-16-17-13(22-8)11-7-18(4-5-21-11)23(19,20)12-3-2-9(15)6-10(12)14/h2-3,6,11H,4-5,7H2,1H3/t11-/m0/s1. The first kappa shape index (κ1) is 16.3. The molecule has 0 unspecified atom stereocenters. The first-order chi connectivity index (χ1) is 10.9. The maximum Gasteiger partial charge on any atom is 0.246 e. The Labute approximate surface area is 137 Å². The SMILES string of the molecule is Cc1nnc([C@@H]2CN(S(=O)(=O)c3ccc(F)cc3Cl)CCO2)o1. The summed E-state index contributed by atoms with van der Waals surface area (Å²) < 4.78 is 50.5. The average molecular weight is 362 g/mol. The minimum Gasteiger partial charge on any atom is -0.423 e. The van der Waals surface area contributed by atoms with E-state index in [2.05, 4.69) is 10.2 Å². The molecule has 0 N–H and O–H groups in total. The number of hydrogen-bond acceptors (Lipinski definition) is 6. The Hall–Kier alpha value is -1.55. The molecule has 124 valence electrons. The van der Waals surface area contributed by atoms with Gasteiger partial charge in [-0.25, -0.2) is 12.8 Å². The van der Waals surface area contributed by atoms with Gasteiger partial charge in [-0.1, -0.05) is 11.6 Å². The van der Waals surface area contributed by atoms with Crippen molar-refractivity contribution in [1.82, 2.24) is 14.5 Å². The van der Waals surface area contributed by atoms with Crippen LogP contribution in [-0.2, 0) is 14.8 Å². The van der Waals surface area contributed by atoms with E-state index in [1.807, 2.05) is 0 Å². The quantitative estimate of drug-likeness (QED) is 0.830. The van der Waals surface area contributed by atoms with Gasteiger partial charge in [0.25, 0.3) is 0 Å². The van der Waals surface area contributed by atoms with Crippen LogP contribution in [0.2, 0.25) is 5.02 Å². The molecule has 0 amide bonds. The van der Waals surface area contributed by atoms with Crippen molar-refractivity contribution in [2.75, 3.05) is 19.7 Å². The average Bonchev–Trinajstić information content (AvgIpc) is 2.93. The Morgan fingerprint density at radius 3 is 2.83 bits per heavy atom. The molecule has 1 aromatic carbocycles. The van der Waals surface area contributed by atoms with E-state index in [1.165, 1.54) is 4.31 Å². The number of aryl methyl sites for hydroxylation is 1. The highest BCUT2D eigenvalue weighted by atomic mass is 35.5. The summed E-state index contributed by atoms with van der Waals surface area (Å²) in [6.07, 6.45) is -0.654. The Bertz CT molecular complexity index is 826. The molecule has 2 aromatic rings. The summed E-state index contributed by atoms with van der Waals surface area (Å²) in [5.74, 6) is -0.0205. The first-order valence-electron chi connectivity index (χ1n) is 6.75. The van der Waals surface area contributed by atoms with Gasteiger partial charge in [0.05, 0.1) is 11.6 Å². The van der Waals surface area contributed by atoms with Crippen molar-refractivity contribution in [2.24, 2.45) is 0 Å². The van der Waals surface area contributed by atoms with E-state index in [9.17, 15) is 12.8 Å². The van der Waals surface area contributed by atoms with Crippen LogP contribution in [0.1, 0.15) is 17.9 Å². The summed E-state index contributed by atoms with van der Waals surface area (Å²) in [5.41, 5.74) is 0. The zero-order valence-electron chi connectivity index (χ0n) is 12.1. The number of halogens is 2. The van der Waals surface area contributed by atoms with Crippen molar-refractivity contribution >= 4 is 21.6 Å². The number of nitrogens with zero attached hydrogens (tertiary/aromatic N) is 3. The monoisotopic (exact) mass is 361 g/mol. The largest absolute Gasteiger partial charge is 0.423 e. The van der Waals surface area contributed by atoms with Gasteiger partial charge >= 0.3 is 0 Å². The minimum absolute atomic E-state index is 0.0116. The molecule has 0 aliphatic carbocycles. The van der Waals surface area contributed by atoms with E-state index in [1.54, 1.807) is 6.92 Å². The fourth-order valence-corrected chi connectivity index (χ4v) is 4.19. The minimum atomic E-state index is -3.88. The lowest BCUT2D eigenvalue weighted by molar-refractivity contribution is -0.0176. The number of sulfonamides is 1. The van der Waals surface area contributed by atoms with Gasteiger partial charge in [0.2, 0.25) is 21.8 Å². The number of morpholine rings is 1. The second-order valence-corrected chi connectivity index (χ2v) is 7.27. The molecule has 1 aliphatic heterocycles. The van der Waals surface area contributed by atoms with Gasteiger partial charge in [-0.3, -0.25) is 0 Å². The molecule has 0 bridgehead atoms. The Morgan fingerprint density at radius 2 is 2.17 bits per heavy atom. The second kappa shape index (κ2) is 6.16. The van der Waals surface area contributed by atoms with Gasteiger partial charge in [0.1, 0.15) is 16.8 Å². The van der Waals surface area contributed by atoms with Crippen molar-refractivity contribution in [3.63, 3.8) is 0 Å². The van der Waals surface area contributed by atoms with Crippen molar-refractivity contribution in [3.8, 4) is 0 Å². The molecule has 2 heterocycles. The number of aromatic nitrogens is 2. The molecule has 1 saturated heterocycles. The lowest BCUT2D eigenvalue weighted by Crippen LogP contribution is -2.42. The van der Waals surface area contributed by atoms with E-state index in [4.69, 9.17) is 20.8 Å². The van der Waals surface area contributed by atoms with E-state index in [0.717, 1.165) is 18.2 Å². The molecule has 0 radical (unpaired) electrons. The fraction of sp³-hybridized carbons (Fsp3) is 0.385. The smallest absolute Gasteiger partial charge is 0.246 e. The predicted octanol–water partition coefficient (Wildman–Crippen LogP) is 1.93. The molecule has 1 aromatic heterocycles. The van der Waals surface area contributed by atoms with Crippen LogP contribution in [-0.4, -0.2) is 42.6 Å². The molecule has 1 aliphatic rings. The Morgan fingerprint density at radius 1 is 1.39 bits per heavy atom. The van der Waals surface area contributed by atoms with E-state index in [-0.39, 0.29) is 35.5 Å². The zero-order chi connectivity index (χ0) is 16.6. The molecule has 1 atom stereocenters. The summed E-state index contributed by atoms with van der Waals surface area (Å²) >= 11 is 5.87. The third-order valence-corrected chi connectivity index (χ3v) is 5.71. The number of benzene rings is 1. The highest BCUT2D eigenvalue weighted by molar-refractivity contribution is 7.89. The van der Waals surface area contributed by atoms with Crippen LogP contribution in [0, 0.1) is 12.7 Å². The molecular weight excluding hydrogens is 349 g/mol. The normalized spacial score (nSPS) is 19.9. The lowest BCUT2D eigenvalue weighted by atomic mass is 10.3. The van der Waals surface area contributed by atoms with Gasteiger partial charge < -0.3 is 9.15 Å². The van der Waals surface area contributed by atoms with E-state index in [0.29, 0.717) is 5.89 Å². The van der Waals surface area contributed by atoms with Crippen LogP contribution < -0.4 is 0 Å². The summed E-state index contributed by atoms with van der Waals surface area (Å²) in [7, 11) is -3.88. The summed E-state index contributed by atoms with van der Waals surface area (Å²) in [4.78, 5) is -0.150. The highest BCUT2D eigenvalue weighted by Crippen LogP contribution is 2.29. The van der Waals surface area contributed by atoms with Gasteiger partial charge in [-0.15, -0.1) is 10.2 Å². The maximum absolute atomic E-state index is 13.1. The second-order valence-electron chi connectivity index (χ2n) is 4.96. The third-order valence-electron chi connectivity index (χ3n) is 3.36. The fourth-order valence-electron chi connectivity index (χ4n) is 2.26. The van der Waals surface area contributed by atoms with Crippen molar-refractivity contribution in [3.05, 3.63) is 40.8 Å². The molecular formula is C13H13ClFN3O4S. The van der Waals surface area contributed by atoms with Crippen LogP contribution in [0.4, 0.5) is 4.39 Å². The van der Waals surface area contributed by atoms with Gasteiger partial charge in [-0.05, 0) is 18.2 Å². The topological polar surface area (TPSA) is 85.5 Å². The molecule has 3 rings (SSSR count). The maximum atomic E-state index is 13.1. The first-order valence-corrected chi connectivity index (χ1v) is 8.56. The lowest BCUT2D eigenvalue weighted by Gasteiger charge is -2.30. The van der Waals surface area contributed by atoms with Crippen LogP contribution in [0.15, 0.2) is 27.5 Å². The Balaban J connectivity index is 1.87. The summed E-state index contributed by atoms with van der Waals surface area (Å²) in [6, 6.07) is 3.17. The number of hydrogen-bond donors (Lipinski definition) is 0. The highest BCUT2D eigenvalue weighted by Gasteiger charge is 2.34. The summed E-state index contributed by atoms with van der Waals surface area (Å²) in [5, 5.41) is 7.39. The number of rotatable bonds is 3. The van der Waals surface area contributed by atoms with Crippen molar-refractivity contribution in [1.29, 1.82) is 0 Å². The van der Waals surface area contributed by atoms with Crippen LogP contribution in [0.5, 0.6) is 0 Å². The number of ether oxygens (including phenoxy) is 1. The molecule has 0 saturated carbocycles. The molecule has 0 spiro atoms. The van der Waals surface area contributed by atoms with E-state index < -0.39 is 21.9 Å². The predicted molar refractivity (Wildman–Crippen MR) is 77.9 cm³/mol. The van der Waals surface area contributed by atoms with Crippen molar-refractivity contribution in [2.45, 2.75) is 17.9 Å². The van der Waals surface area contributed by atoms with E-state index >= 15 is 0 Å². The molecule has 1 fully saturated rings. The van der Waals surface area contributed by atoms with Crippen LogP contribution in [0.3, 0.4) is 0 Å². The van der Waals surface area contributed by atoms with Gasteiger partial charge in [0, 0.05) is 20.0 Å². The van der Waals surface area contributed by atoms with Crippen LogP contribution in [0.25, 0.3) is 0 Å². The molecule has 7 nitrogen and oxygen atoms in total. The Kier molecular flexibility index (Phi) is 4.37. The molecule has 10 heteroatoms. The van der Waals surface area contributed by atoms with Crippen LogP contribution >= 0.6 is 11.6 Å². The van der Waals surface area contributed by atoms with Gasteiger partial charge in [-0.2, -0.15) is 4.31 Å². The summed E-state index contributed by atoms with van der Waals surface area (Å²) in [6.45, 7) is 1.97.